The highest BCUT2D eigenvalue weighted by Crippen LogP contribution is 2.43. The van der Waals surface area contributed by atoms with Gasteiger partial charge in [0.25, 0.3) is 0 Å². The van der Waals surface area contributed by atoms with Crippen LogP contribution in [0.4, 0.5) is 0 Å². The SMILES string of the molecule is COc1ccc([C@H](OC(C)(C)C)c2cc(C(C)(C)C)cc(C(C)(C)C)c2O)cc1. The summed E-state index contributed by atoms with van der Waals surface area (Å²) in [6.45, 7) is 19.1. The van der Waals surface area contributed by atoms with Gasteiger partial charge in [-0.2, -0.15) is 0 Å². The molecule has 0 aliphatic heterocycles. The van der Waals surface area contributed by atoms with E-state index in [2.05, 4.69) is 53.7 Å². The van der Waals surface area contributed by atoms with E-state index in [0.717, 1.165) is 22.4 Å². The Morgan fingerprint density at radius 1 is 0.793 bits per heavy atom. The minimum Gasteiger partial charge on any atom is -0.507 e. The molecule has 0 fully saturated rings. The van der Waals surface area contributed by atoms with Crippen LogP contribution >= 0.6 is 0 Å². The molecule has 2 aromatic rings. The molecule has 0 saturated carbocycles. The van der Waals surface area contributed by atoms with E-state index in [1.165, 1.54) is 5.56 Å². The molecule has 0 heterocycles. The molecule has 1 N–H and O–H groups in total. The first-order valence-electron chi connectivity index (χ1n) is 10.3. The lowest BCUT2D eigenvalue weighted by atomic mass is 9.78. The third-order valence-electron chi connectivity index (χ3n) is 4.99. The van der Waals surface area contributed by atoms with E-state index < -0.39 is 0 Å². The molecule has 0 aliphatic rings. The van der Waals surface area contributed by atoms with Gasteiger partial charge in [0, 0.05) is 5.56 Å². The van der Waals surface area contributed by atoms with E-state index in [1.54, 1.807) is 7.11 Å². The molecule has 29 heavy (non-hydrogen) atoms. The fourth-order valence-corrected chi connectivity index (χ4v) is 3.30. The Labute approximate surface area is 177 Å². The van der Waals surface area contributed by atoms with Crippen LogP contribution in [0, 0.1) is 0 Å². The summed E-state index contributed by atoms with van der Waals surface area (Å²) in [5.41, 5.74) is 3.31. The van der Waals surface area contributed by atoms with Crippen molar-refractivity contribution in [3.05, 3.63) is 58.7 Å². The zero-order valence-electron chi connectivity index (χ0n) is 19.8. The summed E-state index contributed by atoms with van der Waals surface area (Å²) >= 11 is 0. The quantitative estimate of drug-likeness (QED) is 0.609. The molecule has 0 amide bonds. The van der Waals surface area contributed by atoms with E-state index in [-0.39, 0.29) is 22.5 Å². The highest BCUT2D eigenvalue weighted by atomic mass is 16.5. The molecule has 0 unspecified atom stereocenters. The van der Waals surface area contributed by atoms with Gasteiger partial charge in [-0.25, -0.2) is 0 Å². The largest absolute Gasteiger partial charge is 0.507 e. The highest BCUT2D eigenvalue weighted by molar-refractivity contribution is 5.52. The van der Waals surface area contributed by atoms with Crippen molar-refractivity contribution in [2.24, 2.45) is 0 Å². The molecule has 0 aliphatic carbocycles. The van der Waals surface area contributed by atoms with Crippen molar-refractivity contribution in [2.75, 3.05) is 7.11 Å². The van der Waals surface area contributed by atoms with Gasteiger partial charge in [0.1, 0.15) is 17.6 Å². The average Bonchev–Trinajstić information content (AvgIpc) is 2.57. The first-order valence-corrected chi connectivity index (χ1v) is 10.3. The molecule has 160 valence electrons. The number of methoxy groups -OCH3 is 1. The van der Waals surface area contributed by atoms with Crippen molar-refractivity contribution < 1.29 is 14.6 Å². The number of phenols is 1. The molecule has 0 bridgehead atoms. The molecule has 0 radical (unpaired) electrons. The van der Waals surface area contributed by atoms with E-state index in [9.17, 15) is 5.11 Å². The summed E-state index contributed by atoms with van der Waals surface area (Å²) in [6.07, 6.45) is -0.385. The fourth-order valence-electron chi connectivity index (χ4n) is 3.30. The number of hydrogen-bond donors (Lipinski definition) is 1. The summed E-state index contributed by atoms with van der Waals surface area (Å²) in [7, 11) is 1.66. The van der Waals surface area contributed by atoms with E-state index in [4.69, 9.17) is 9.47 Å². The van der Waals surface area contributed by atoms with E-state index in [0.29, 0.717) is 5.75 Å². The second-order valence-corrected chi connectivity index (χ2v) is 10.8. The van der Waals surface area contributed by atoms with Crippen LogP contribution in [0.1, 0.15) is 90.7 Å². The van der Waals surface area contributed by atoms with Gasteiger partial charge in [0.05, 0.1) is 12.7 Å². The van der Waals surface area contributed by atoms with Crippen LogP contribution < -0.4 is 4.74 Å². The Kier molecular flexibility index (Phi) is 6.44. The zero-order chi connectivity index (χ0) is 22.2. The van der Waals surface area contributed by atoms with Crippen molar-refractivity contribution in [1.82, 2.24) is 0 Å². The normalized spacial score (nSPS) is 14.0. The average molecular weight is 399 g/mol. The topological polar surface area (TPSA) is 38.7 Å². The molecular formula is C26H38O3. The van der Waals surface area contributed by atoms with Crippen LogP contribution in [0.2, 0.25) is 0 Å². The smallest absolute Gasteiger partial charge is 0.125 e. The van der Waals surface area contributed by atoms with Gasteiger partial charge >= 0.3 is 0 Å². The Hall–Kier alpha value is -2.00. The number of rotatable bonds is 4. The van der Waals surface area contributed by atoms with E-state index in [1.807, 2.05) is 45.0 Å². The standard InChI is InChI=1S/C26H38O3/c1-24(2,3)18-15-20(22(27)21(16-18)25(4,5)6)23(29-26(7,8)9)17-11-13-19(28-10)14-12-17/h11-16,23,27H,1-10H3/t23-/m0/s1. The van der Waals surface area contributed by atoms with Gasteiger partial charge in [0.15, 0.2) is 0 Å². The highest BCUT2D eigenvalue weighted by Gasteiger charge is 2.31. The first kappa shape index (κ1) is 23.3. The van der Waals surface area contributed by atoms with Crippen molar-refractivity contribution >= 4 is 0 Å². The summed E-state index contributed by atoms with van der Waals surface area (Å²) in [4.78, 5) is 0. The monoisotopic (exact) mass is 398 g/mol. The second kappa shape index (κ2) is 8.02. The molecule has 0 aromatic heterocycles. The van der Waals surface area contributed by atoms with Crippen molar-refractivity contribution in [2.45, 2.75) is 84.8 Å². The Balaban J connectivity index is 2.77. The summed E-state index contributed by atoms with van der Waals surface area (Å²) in [6, 6.07) is 12.1. The van der Waals surface area contributed by atoms with Crippen LogP contribution in [0.3, 0.4) is 0 Å². The third-order valence-corrected chi connectivity index (χ3v) is 4.99. The molecular weight excluding hydrogens is 360 g/mol. The Bertz CT molecular complexity index is 828. The zero-order valence-corrected chi connectivity index (χ0v) is 19.8. The van der Waals surface area contributed by atoms with Crippen molar-refractivity contribution in [1.29, 1.82) is 0 Å². The lowest BCUT2D eigenvalue weighted by Gasteiger charge is -2.33. The van der Waals surface area contributed by atoms with Crippen LogP contribution in [0.25, 0.3) is 0 Å². The predicted molar refractivity (Wildman–Crippen MR) is 121 cm³/mol. The lowest BCUT2D eigenvalue weighted by molar-refractivity contribution is -0.0437. The summed E-state index contributed by atoms with van der Waals surface area (Å²) in [5.74, 6) is 1.11. The minimum absolute atomic E-state index is 0.0470. The van der Waals surface area contributed by atoms with Gasteiger partial charge in [-0.15, -0.1) is 0 Å². The van der Waals surface area contributed by atoms with Gasteiger partial charge in [-0.05, 0) is 66.5 Å². The fraction of sp³-hybridized carbons (Fsp3) is 0.538. The minimum atomic E-state index is -0.385. The van der Waals surface area contributed by atoms with Crippen LogP contribution in [0.15, 0.2) is 36.4 Å². The molecule has 0 spiro atoms. The summed E-state index contributed by atoms with van der Waals surface area (Å²) in [5, 5.41) is 11.3. The number of aromatic hydroxyl groups is 1. The lowest BCUT2D eigenvalue weighted by Crippen LogP contribution is -2.25. The number of ether oxygens (including phenoxy) is 2. The van der Waals surface area contributed by atoms with Gasteiger partial charge in [-0.3, -0.25) is 0 Å². The van der Waals surface area contributed by atoms with Gasteiger partial charge in [0.2, 0.25) is 0 Å². The van der Waals surface area contributed by atoms with Crippen molar-refractivity contribution in [3.8, 4) is 11.5 Å². The second-order valence-electron chi connectivity index (χ2n) is 10.8. The third kappa shape index (κ3) is 5.76. The Morgan fingerprint density at radius 3 is 1.76 bits per heavy atom. The van der Waals surface area contributed by atoms with Crippen LogP contribution in [-0.2, 0) is 15.6 Å². The molecule has 0 saturated heterocycles. The molecule has 1 atom stereocenters. The molecule has 3 heteroatoms. The molecule has 2 aromatic carbocycles. The van der Waals surface area contributed by atoms with Crippen molar-refractivity contribution in [3.63, 3.8) is 0 Å². The molecule has 2 rings (SSSR count). The van der Waals surface area contributed by atoms with E-state index >= 15 is 0 Å². The maximum Gasteiger partial charge on any atom is 0.125 e. The number of hydrogen-bond acceptors (Lipinski definition) is 3. The van der Waals surface area contributed by atoms with Gasteiger partial charge < -0.3 is 14.6 Å². The first-order chi connectivity index (χ1) is 13.1. The maximum atomic E-state index is 11.3. The number of benzene rings is 2. The number of phenolic OH excluding ortho intramolecular Hbond substituents is 1. The maximum absolute atomic E-state index is 11.3. The Morgan fingerprint density at radius 2 is 1.34 bits per heavy atom. The van der Waals surface area contributed by atoms with Crippen LogP contribution in [-0.4, -0.2) is 17.8 Å². The summed E-state index contributed by atoms with van der Waals surface area (Å²) < 4.78 is 11.8. The van der Waals surface area contributed by atoms with Crippen LogP contribution in [0.5, 0.6) is 11.5 Å². The predicted octanol–water partition coefficient (Wildman–Crippen LogP) is 6.90. The molecule has 3 nitrogen and oxygen atoms in total. The van der Waals surface area contributed by atoms with Gasteiger partial charge in [-0.1, -0.05) is 59.7 Å².